The molecule has 2 heterocycles. The second-order valence-corrected chi connectivity index (χ2v) is 9.51. The lowest BCUT2D eigenvalue weighted by Gasteiger charge is -2.43. The number of likely N-dealkylation sites (N-methyl/N-ethyl adjacent to an activating group) is 1. The molecule has 1 aliphatic rings. The second-order valence-electron chi connectivity index (χ2n) is 9.51. The fourth-order valence-electron chi connectivity index (χ4n) is 4.45. The van der Waals surface area contributed by atoms with Gasteiger partial charge in [0.15, 0.2) is 5.43 Å². The Bertz CT molecular complexity index is 1220. The number of fused-ring (bicyclic) bond motifs is 1. The molecule has 172 valence electrons. The molecule has 0 fully saturated rings. The van der Waals surface area contributed by atoms with E-state index in [-0.39, 0.29) is 17.0 Å². The van der Waals surface area contributed by atoms with Gasteiger partial charge in [0, 0.05) is 36.3 Å². The van der Waals surface area contributed by atoms with Crippen molar-refractivity contribution in [2.45, 2.75) is 54.0 Å². The van der Waals surface area contributed by atoms with Crippen molar-refractivity contribution < 1.29 is 14.6 Å². The third-order valence-corrected chi connectivity index (χ3v) is 6.25. The summed E-state index contributed by atoms with van der Waals surface area (Å²) in [5.41, 5.74) is 2.01. The molecule has 0 saturated carbocycles. The fraction of sp³-hybridized carbons (Fsp3) is 0.462. The van der Waals surface area contributed by atoms with Crippen LogP contribution < -0.4 is 20.6 Å². The number of aromatic carboxylic acids is 1. The van der Waals surface area contributed by atoms with Gasteiger partial charge >= 0.3 is 5.97 Å². The first-order valence-electron chi connectivity index (χ1n) is 11.2. The van der Waals surface area contributed by atoms with Crippen LogP contribution in [-0.4, -0.2) is 40.7 Å². The number of aromatic nitrogens is 1. The average Bonchev–Trinajstić information content (AvgIpc) is 2.71. The molecule has 0 amide bonds. The van der Waals surface area contributed by atoms with Crippen LogP contribution in [-0.2, 0) is 0 Å². The molecule has 1 aromatic carbocycles. The Morgan fingerprint density at radius 2 is 1.94 bits per heavy atom. The molecule has 3 rings (SSSR count). The standard InChI is InChI=1S/C26H34N2O4/c1-8-16(3)23-17(11-10-12-21(23)32-9-2)24-19-13-20(29)18(25(30)31)14-28(19)22(15-27(24)7)26(4,5)6/h10-14,22H,8-9,15H2,1-7H3,(H,30,31)/b23-16?,24-17-. The number of benzene rings is 1. The molecule has 1 aromatic heterocycles. The number of pyridine rings is 1. The normalized spacial score (nSPS) is 18.8. The molecule has 0 aliphatic carbocycles. The smallest absolute Gasteiger partial charge is 0.341 e. The van der Waals surface area contributed by atoms with E-state index in [2.05, 4.69) is 45.6 Å². The summed E-state index contributed by atoms with van der Waals surface area (Å²) in [5, 5.41) is 11.6. The van der Waals surface area contributed by atoms with Gasteiger partial charge in [-0.05, 0) is 31.7 Å². The fourth-order valence-corrected chi connectivity index (χ4v) is 4.45. The summed E-state index contributed by atoms with van der Waals surface area (Å²) in [6, 6.07) is 7.48. The molecular weight excluding hydrogens is 404 g/mol. The van der Waals surface area contributed by atoms with E-state index in [9.17, 15) is 14.7 Å². The van der Waals surface area contributed by atoms with Gasteiger partial charge in [-0.2, -0.15) is 0 Å². The highest BCUT2D eigenvalue weighted by molar-refractivity contribution is 5.87. The Morgan fingerprint density at radius 1 is 1.25 bits per heavy atom. The molecule has 1 atom stereocenters. The summed E-state index contributed by atoms with van der Waals surface area (Å²) in [4.78, 5) is 26.7. The van der Waals surface area contributed by atoms with Crippen molar-refractivity contribution in [2.75, 3.05) is 20.2 Å². The summed E-state index contributed by atoms with van der Waals surface area (Å²) in [6.07, 6.45) is 2.38. The Balaban J connectivity index is 2.54. The zero-order chi connectivity index (χ0) is 23.8. The number of ether oxygens (including phenoxy) is 1. The molecule has 0 radical (unpaired) electrons. The van der Waals surface area contributed by atoms with Gasteiger partial charge < -0.3 is 19.3 Å². The van der Waals surface area contributed by atoms with Gasteiger partial charge in [0.2, 0.25) is 0 Å². The van der Waals surface area contributed by atoms with Crippen LogP contribution in [0, 0.1) is 5.41 Å². The van der Waals surface area contributed by atoms with Crippen molar-refractivity contribution >= 4 is 17.2 Å². The number of hydrogen-bond donors (Lipinski definition) is 1. The lowest BCUT2D eigenvalue weighted by molar-refractivity contribution is 0.0693. The van der Waals surface area contributed by atoms with E-state index in [1.54, 1.807) is 0 Å². The lowest BCUT2D eigenvalue weighted by atomic mass is 9.84. The van der Waals surface area contributed by atoms with Crippen LogP contribution in [0.2, 0.25) is 0 Å². The van der Waals surface area contributed by atoms with Crippen LogP contribution in [0.5, 0.6) is 5.75 Å². The maximum atomic E-state index is 12.8. The van der Waals surface area contributed by atoms with Crippen molar-refractivity contribution in [1.29, 1.82) is 0 Å². The topological polar surface area (TPSA) is 71.8 Å². The van der Waals surface area contributed by atoms with E-state index >= 15 is 0 Å². The minimum Gasteiger partial charge on any atom is -0.493 e. The van der Waals surface area contributed by atoms with Crippen LogP contribution in [0.1, 0.15) is 70.1 Å². The quantitative estimate of drug-likeness (QED) is 0.794. The first kappa shape index (κ1) is 23.6. The molecular formula is C26H34N2O4. The summed E-state index contributed by atoms with van der Waals surface area (Å²) >= 11 is 0. The van der Waals surface area contributed by atoms with Gasteiger partial charge in [-0.3, -0.25) is 4.79 Å². The number of nitrogens with zero attached hydrogens (tertiary/aromatic N) is 2. The Labute approximate surface area is 189 Å². The summed E-state index contributed by atoms with van der Waals surface area (Å²) in [6.45, 7) is 13.8. The van der Waals surface area contributed by atoms with Crippen molar-refractivity contribution in [3.05, 3.63) is 62.4 Å². The maximum Gasteiger partial charge on any atom is 0.341 e. The highest BCUT2D eigenvalue weighted by Gasteiger charge is 2.35. The number of rotatable bonds is 4. The lowest BCUT2D eigenvalue weighted by Crippen LogP contribution is -2.46. The number of carboxylic acids is 1. The van der Waals surface area contributed by atoms with E-state index in [1.165, 1.54) is 17.8 Å². The largest absolute Gasteiger partial charge is 0.493 e. The van der Waals surface area contributed by atoms with Crippen LogP contribution in [0.3, 0.4) is 0 Å². The summed E-state index contributed by atoms with van der Waals surface area (Å²) in [5.74, 6) is -0.383. The highest BCUT2D eigenvalue weighted by Crippen LogP contribution is 2.37. The number of carboxylic acid groups (broad SMARTS) is 1. The van der Waals surface area contributed by atoms with Crippen LogP contribution >= 0.6 is 0 Å². The Morgan fingerprint density at radius 3 is 2.50 bits per heavy atom. The van der Waals surface area contributed by atoms with Crippen LogP contribution in [0.4, 0.5) is 0 Å². The molecule has 0 spiro atoms. The maximum absolute atomic E-state index is 12.8. The molecule has 0 saturated heterocycles. The number of carbonyl (C=O) groups is 1. The van der Waals surface area contributed by atoms with E-state index < -0.39 is 11.4 Å². The number of hydrogen-bond acceptors (Lipinski definition) is 4. The van der Waals surface area contributed by atoms with Gasteiger partial charge in [-0.15, -0.1) is 0 Å². The third kappa shape index (κ3) is 4.18. The Hall–Kier alpha value is -3.02. The van der Waals surface area contributed by atoms with Gasteiger partial charge in [0.25, 0.3) is 0 Å². The van der Waals surface area contributed by atoms with Gasteiger partial charge in [-0.25, -0.2) is 4.79 Å². The predicted molar refractivity (Wildman–Crippen MR) is 128 cm³/mol. The average molecular weight is 439 g/mol. The first-order chi connectivity index (χ1) is 15.0. The predicted octanol–water partition coefficient (Wildman–Crippen LogP) is 3.21. The van der Waals surface area contributed by atoms with E-state index in [0.717, 1.165) is 34.0 Å². The van der Waals surface area contributed by atoms with Crippen LogP contribution in [0.15, 0.2) is 35.3 Å². The SMILES string of the molecule is CCOc1ccc/c(=C2\c3cc(=O)c(C(=O)O)cn3C(C(C)(C)C)CN2C)c1=C(C)CC. The molecule has 1 unspecified atom stereocenters. The van der Waals surface area contributed by atoms with E-state index in [0.29, 0.717) is 13.2 Å². The van der Waals surface area contributed by atoms with Crippen molar-refractivity contribution in [1.82, 2.24) is 9.47 Å². The molecule has 32 heavy (non-hydrogen) atoms. The van der Waals surface area contributed by atoms with E-state index in [1.807, 2.05) is 30.7 Å². The van der Waals surface area contributed by atoms with Gasteiger partial charge in [-0.1, -0.05) is 45.4 Å². The molecule has 6 heteroatoms. The molecule has 1 aliphatic heterocycles. The third-order valence-electron chi connectivity index (χ3n) is 6.25. The van der Waals surface area contributed by atoms with E-state index in [4.69, 9.17) is 4.74 Å². The van der Waals surface area contributed by atoms with Gasteiger partial charge in [0.05, 0.1) is 24.0 Å². The van der Waals surface area contributed by atoms with Crippen molar-refractivity contribution in [3.8, 4) is 5.75 Å². The second kappa shape index (κ2) is 8.85. The Kier molecular flexibility index (Phi) is 6.54. The summed E-state index contributed by atoms with van der Waals surface area (Å²) < 4.78 is 7.95. The van der Waals surface area contributed by atoms with Gasteiger partial charge in [0.1, 0.15) is 11.3 Å². The van der Waals surface area contributed by atoms with Crippen LogP contribution in [0.25, 0.3) is 11.3 Å². The molecule has 0 bridgehead atoms. The minimum absolute atomic E-state index is 0.000254. The monoisotopic (exact) mass is 438 g/mol. The van der Waals surface area contributed by atoms with Crippen molar-refractivity contribution in [3.63, 3.8) is 0 Å². The zero-order valence-corrected chi connectivity index (χ0v) is 20.2. The zero-order valence-electron chi connectivity index (χ0n) is 20.2. The minimum atomic E-state index is -1.20. The van der Waals surface area contributed by atoms with Crippen molar-refractivity contribution in [2.24, 2.45) is 5.41 Å². The first-order valence-corrected chi connectivity index (χ1v) is 11.2. The highest BCUT2D eigenvalue weighted by atomic mass is 16.5. The summed E-state index contributed by atoms with van der Waals surface area (Å²) in [7, 11) is 2.03. The molecule has 1 N–H and O–H groups in total. The molecule has 6 nitrogen and oxygen atoms in total. The molecule has 2 aromatic rings.